The second-order valence-corrected chi connectivity index (χ2v) is 5.31. The third kappa shape index (κ3) is 2.46. The summed E-state index contributed by atoms with van der Waals surface area (Å²) in [6, 6.07) is 5.56. The SMILES string of the molecule is CC(C)N1CC[C@H](N)[C@@H]1c1ccc(Cl)c(F)c1. The van der Waals surface area contributed by atoms with Crippen LogP contribution in [0.25, 0.3) is 0 Å². The molecule has 94 valence electrons. The number of likely N-dealkylation sites (tertiary alicyclic amines) is 1. The number of nitrogens with two attached hydrogens (primary N) is 1. The fourth-order valence-corrected chi connectivity index (χ4v) is 2.67. The van der Waals surface area contributed by atoms with Crippen LogP contribution in [0.2, 0.25) is 5.02 Å². The van der Waals surface area contributed by atoms with Crippen molar-refractivity contribution >= 4 is 11.6 Å². The fraction of sp³-hybridized carbons (Fsp3) is 0.538. The molecular formula is C13H18ClFN2. The molecule has 0 saturated carbocycles. The van der Waals surface area contributed by atoms with Crippen LogP contribution >= 0.6 is 11.6 Å². The normalized spacial score (nSPS) is 25.8. The molecule has 1 saturated heterocycles. The minimum absolute atomic E-state index is 0.0676. The molecule has 17 heavy (non-hydrogen) atoms. The highest BCUT2D eigenvalue weighted by Crippen LogP contribution is 2.33. The molecule has 1 heterocycles. The van der Waals surface area contributed by atoms with E-state index in [4.69, 9.17) is 17.3 Å². The number of rotatable bonds is 2. The van der Waals surface area contributed by atoms with Gasteiger partial charge in [0.15, 0.2) is 0 Å². The Labute approximate surface area is 107 Å². The Morgan fingerprint density at radius 2 is 2.18 bits per heavy atom. The molecule has 1 aliphatic heterocycles. The van der Waals surface area contributed by atoms with Gasteiger partial charge in [-0.05, 0) is 38.0 Å². The van der Waals surface area contributed by atoms with Crippen LogP contribution in [0.3, 0.4) is 0 Å². The predicted octanol–water partition coefficient (Wildman–Crippen LogP) is 2.96. The van der Waals surface area contributed by atoms with Gasteiger partial charge in [0, 0.05) is 18.6 Å². The van der Waals surface area contributed by atoms with Crippen molar-refractivity contribution in [3.63, 3.8) is 0 Å². The average Bonchev–Trinajstić information content (AvgIpc) is 2.64. The fourth-order valence-electron chi connectivity index (χ4n) is 2.56. The van der Waals surface area contributed by atoms with Crippen molar-refractivity contribution in [1.29, 1.82) is 0 Å². The van der Waals surface area contributed by atoms with Crippen molar-refractivity contribution in [1.82, 2.24) is 4.90 Å². The van der Waals surface area contributed by atoms with Gasteiger partial charge in [-0.15, -0.1) is 0 Å². The van der Waals surface area contributed by atoms with E-state index in [1.54, 1.807) is 6.07 Å². The van der Waals surface area contributed by atoms with Crippen LogP contribution in [0.15, 0.2) is 18.2 Å². The highest BCUT2D eigenvalue weighted by Gasteiger charge is 2.34. The van der Waals surface area contributed by atoms with Gasteiger partial charge in [-0.1, -0.05) is 17.7 Å². The van der Waals surface area contributed by atoms with Gasteiger partial charge >= 0.3 is 0 Å². The van der Waals surface area contributed by atoms with Crippen LogP contribution in [0.1, 0.15) is 31.9 Å². The summed E-state index contributed by atoms with van der Waals surface area (Å²) >= 11 is 5.70. The molecule has 1 aromatic rings. The highest BCUT2D eigenvalue weighted by atomic mass is 35.5. The van der Waals surface area contributed by atoms with E-state index in [1.807, 2.05) is 6.07 Å². The van der Waals surface area contributed by atoms with Crippen LogP contribution in [0, 0.1) is 5.82 Å². The van der Waals surface area contributed by atoms with E-state index in [0.29, 0.717) is 6.04 Å². The van der Waals surface area contributed by atoms with E-state index >= 15 is 0 Å². The van der Waals surface area contributed by atoms with E-state index in [2.05, 4.69) is 18.7 Å². The first-order valence-corrected chi connectivity index (χ1v) is 6.34. The first-order valence-electron chi connectivity index (χ1n) is 5.97. The number of hydrogen-bond acceptors (Lipinski definition) is 2. The molecule has 2 nitrogen and oxygen atoms in total. The molecule has 0 aliphatic carbocycles. The van der Waals surface area contributed by atoms with Crippen molar-refractivity contribution in [3.8, 4) is 0 Å². The molecule has 0 bridgehead atoms. The summed E-state index contributed by atoms with van der Waals surface area (Å²) in [4.78, 5) is 2.31. The molecule has 0 spiro atoms. The summed E-state index contributed by atoms with van der Waals surface area (Å²) < 4.78 is 13.5. The largest absolute Gasteiger partial charge is 0.326 e. The second kappa shape index (κ2) is 4.92. The lowest BCUT2D eigenvalue weighted by Crippen LogP contribution is -2.35. The first kappa shape index (κ1) is 12.8. The molecule has 2 N–H and O–H groups in total. The zero-order valence-corrected chi connectivity index (χ0v) is 10.9. The first-order chi connectivity index (χ1) is 8.00. The lowest BCUT2D eigenvalue weighted by molar-refractivity contribution is 0.198. The summed E-state index contributed by atoms with van der Waals surface area (Å²) in [7, 11) is 0. The molecule has 1 fully saturated rings. The third-order valence-electron chi connectivity index (χ3n) is 3.43. The Balaban J connectivity index is 2.33. The molecule has 1 aromatic carbocycles. The molecule has 0 radical (unpaired) electrons. The summed E-state index contributed by atoms with van der Waals surface area (Å²) in [6.07, 6.45) is 0.951. The minimum Gasteiger partial charge on any atom is -0.326 e. The zero-order chi connectivity index (χ0) is 12.6. The van der Waals surface area contributed by atoms with Gasteiger partial charge in [0.2, 0.25) is 0 Å². The van der Waals surface area contributed by atoms with Gasteiger partial charge < -0.3 is 5.73 Å². The Kier molecular flexibility index (Phi) is 3.71. The molecule has 1 aliphatic rings. The topological polar surface area (TPSA) is 29.3 Å². The van der Waals surface area contributed by atoms with Gasteiger partial charge in [0.05, 0.1) is 11.1 Å². The van der Waals surface area contributed by atoms with Gasteiger partial charge in [-0.3, -0.25) is 4.90 Å². The Hall–Kier alpha value is -0.640. The van der Waals surface area contributed by atoms with E-state index in [9.17, 15) is 4.39 Å². The molecule has 0 aromatic heterocycles. The summed E-state index contributed by atoms with van der Waals surface area (Å²) in [6.45, 7) is 5.24. The Morgan fingerprint density at radius 1 is 1.47 bits per heavy atom. The number of halogens is 2. The van der Waals surface area contributed by atoms with Crippen molar-refractivity contribution in [3.05, 3.63) is 34.6 Å². The van der Waals surface area contributed by atoms with Gasteiger partial charge in [0.25, 0.3) is 0 Å². The number of hydrogen-bond donors (Lipinski definition) is 1. The van der Waals surface area contributed by atoms with Crippen LogP contribution in [-0.2, 0) is 0 Å². The Bertz CT molecular complexity index is 408. The summed E-state index contributed by atoms with van der Waals surface area (Å²) in [5.74, 6) is -0.369. The molecule has 0 amide bonds. The smallest absolute Gasteiger partial charge is 0.142 e. The maximum absolute atomic E-state index is 13.5. The standard InChI is InChI=1S/C13H18ClFN2/c1-8(2)17-6-5-12(16)13(17)9-3-4-10(14)11(15)7-9/h3-4,7-8,12-13H,5-6,16H2,1-2H3/t12-,13-/m0/s1. The maximum atomic E-state index is 13.5. The van der Waals surface area contributed by atoms with Crippen LogP contribution in [0.4, 0.5) is 4.39 Å². The van der Waals surface area contributed by atoms with Crippen LogP contribution in [-0.4, -0.2) is 23.5 Å². The maximum Gasteiger partial charge on any atom is 0.142 e. The lowest BCUT2D eigenvalue weighted by atomic mass is 10.00. The van der Waals surface area contributed by atoms with Gasteiger partial charge in [0.1, 0.15) is 5.82 Å². The van der Waals surface area contributed by atoms with Crippen LogP contribution < -0.4 is 5.73 Å². The molecule has 2 atom stereocenters. The van der Waals surface area contributed by atoms with Crippen molar-refractivity contribution in [2.24, 2.45) is 5.73 Å². The van der Waals surface area contributed by atoms with E-state index in [0.717, 1.165) is 18.5 Å². The van der Waals surface area contributed by atoms with Gasteiger partial charge in [-0.25, -0.2) is 4.39 Å². The molecule has 4 heteroatoms. The third-order valence-corrected chi connectivity index (χ3v) is 3.74. The van der Waals surface area contributed by atoms with Gasteiger partial charge in [-0.2, -0.15) is 0 Å². The van der Waals surface area contributed by atoms with Crippen molar-refractivity contribution in [2.45, 2.75) is 38.4 Å². The molecule has 0 unspecified atom stereocenters. The zero-order valence-electron chi connectivity index (χ0n) is 10.2. The molecular weight excluding hydrogens is 239 g/mol. The summed E-state index contributed by atoms with van der Waals surface area (Å²) in [5, 5.41) is 0.163. The van der Waals surface area contributed by atoms with E-state index in [-0.39, 0.29) is 22.9 Å². The summed E-state index contributed by atoms with van der Waals surface area (Å²) in [5.41, 5.74) is 7.05. The molecule has 2 rings (SSSR count). The van der Waals surface area contributed by atoms with Crippen molar-refractivity contribution in [2.75, 3.05) is 6.54 Å². The van der Waals surface area contributed by atoms with Crippen molar-refractivity contribution < 1.29 is 4.39 Å². The predicted molar refractivity (Wildman–Crippen MR) is 68.6 cm³/mol. The highest BCUT2D eigenvalue weighted by molar-refractivity contribution is 6.30. The number of benzene rings is 1. The quantitative estimate of drug-likeness (QED) is 0.882. The van der Waals surface area contributed by atoms with E-state index in [1.165, 1.54) is 6.07 Å². The average molecular weight is 257 g/mol. The number of nitrogens with zero attached hydrogens (tertiary/aromatic N) is 1. The second-order valence-electron chi connectivity index (χ2n) is 4.90. The van der Waals surface area contributed by atoms with E-state index < -0.39 is 0 Å². The lowest BCUT2D eigenvalue weighted by Gasteiger charge is -2.30. The Morgan fingerprint density at radius 3 is 2.76 bits per heavy atom. The van der Waals surface area contributed by atoms with Crippen LogP contribution in [0.5, 0.6) is 0 Å². The minimum atomic E-state index is -0.369. The monoisotopic (exact) mass is 256 g/mol.